The van der Waals surface area contributed by atoms with Crippen molar-refractivity contribution >= 4 is 23.8 Å². The van der Waals surface area contributed by atoms with Crippen LogP contribution in [0, 0.1) is 5.92 Å². The highest BCUT2D eigenvalue weighted by atomic mass is 19.4. The largest absolute Gasteiger partial charge is 0.480 e. The number of carbonyl (C=O) groups is 4. The zero-order chi connectivity index (χ0) is 22.2. The Bertz CT molecular complexity index is 764. The predicted octanol–water partition coefficient (Wildman–Crippen LogP) is 2.02. The van der Waals surface area contributed by atoms with Gasteiger partial charge in [0.15, 0.2) is 0 Å². The first-order chi connectivity index (χ1) is 13.5. The van der Waals surface area contributed by atoms with Gasteiger partial charge in [-0.2, -0.15) is 13.2 Å². The number of carboxylic acids is 1. The maximum Gasteiger partial charge on any atom is 0.417 e. The number of benzene rings is 1. The fraction of sp³-hybridized carbons (Fsp3) is 0.444. The van der Waals surface area contributed by atoms with E-state index in [1.54, 1.807) is 0 Å². The second-order valence-electron chi connectivity index (χ2n) is 5.70. The minimum atomic E-state index is -4.86. The second-order valence-corrected chi connectivity index (χ2v) is 5.70. The van der Waals surface area contributed by atoms with Crippen molar-refractivity contribution in [3.63, 3.8) is 0 Å². The van der Waals surface area contributed by atoms with E-state index < -0.39 is 59.5 Å². The van der Waals surface area contributed by atoms with Gasteiger partial charge in [0.25, 0.3) is 5.91 Å². The monoisotopic (exact) mass is 419 g/mol. The summed E-state index contributed by atoms with van der Waals surface area (Å²) in [4.78, 5) is 47.9. The Labute approximate surface area is 164 Å². The Morgan fingerprint density at radius 2 is 1.66 bits per heavy atom. The Morgan fingerprint density at radius 3 is 2.17 bits per heavy atom. The van der Waals surface area contributed by atoms with Crippen LogP contribution in [0.15, 0.2) is 24.3 Å². The molecule has 0 aromatic heterocycles. The maximum absolute atomic E-state index is 13.1. The molecular weight excluding hydrogens is 399 g/mol. The molecule has 8 nitrogen and oxygen atoms in total. The van der Waals surface area contributed by atoms with E-state index in [1.807, 2.05) is 5.32 Å². The summed E-state index contributed by atoms with van der Waals surface area (Å²) < 4.78 is 48.8. The van der Waals surface area contributed by atoms with Gasteiger partial charge in [-0.15, -0.1) is 0 Å². The Balaban J connectivity index is 3.23. The van der Waals surface area contributed by atoms with Crippen LogP contribution >= 0.6 is 0 Å². The Hall–Kier alpha value is -3.11. The van der Waals surface area contributed by atoms with Crippen molar-refractivity contribution in [2.75, 3.05) is 13.2 Å². The highest BCUT2D eigenvalue weighted by Crippen LogP contribution is 2.32. The highest BCUT2D eigenvalue weighted by molar-refractivity contribution is 5.99. The van der Waals surface area contributed by atoms with E-state index >= 15 is 0 Å². The summed E-state index contributed by atoms with van der Waals surface area (Å²) in [7, 11) is 0. The zero-order valence-electron chi connectivity index (χ0n) is 15.6. The lowest BCUT2D eigenvalue weighted by Crippen LogP contribution is -2.50. The summed E-state index contributed by atoms with van der Waals surface area (Å²) in [5, 5.41) is 11.3. The van der Waals surface area contributed by atoms with Crippen LogP contribution in [0.2, 0.25) is 0 Å². The molecule has 0 aliphatic heterocycles. The van der Waals surface area contributed by atoms with Crippen LogP contribution in [-0.4, -0.2) is 48.2 Å². The lowest BCUT2D eigenvalue weighted by molar-refractivity contribution is -0.159. The number of carboxylic acid groups (broad SMARTS) is 1. The van der Waals surface area contributed by atoms with Gasteiger partial charge in [-0.05, 0) is 26.0 Å². The lowest BCUT2D eigenvalue weighted by Gasteiger charge is -2.23. The number of ether oxygens (including phenoxy) is 2. The van der Waals surface area contributed by atoms with Gasteiger partial charge >= 0.3 is 24.1 Å². The molecule has 0 saturated heterocycles. The minimum absolute atomic E-state index is 0.0442. The summed E-state index contributed by atoms with van der Waals surface area (Å²) >= 11 is 0. The van der Waals surface area contributed by atoms with Crippen molar-refractivity contribution in [2.45, 2.75) is 32.5 Å². The molecule has 0 fully saturated rings. The predicted molar refractivity (Wildman–Crippen MR) is 91.7 cm³/mol. The number of halogens is 3. The first-order valence-electron chi connectivity index (χ1n) is 8.55. The van der Waals surface area contributed by atoms with Crippen molar-refractivity contribution in [1.29, 1.82) is 0 Å². The van der Waals surface area contributed by atoms with E-state index in [0.717, 1.165) is 12.1 Å². The number of amides is 1. The molecule has 1 amide bonds. The van der Waals surface area contributed by atoms with Gasteiger partial charge in [0.2, 0.25) is 0 Å². The first kappa shape index (κ1) is 23.9. The van der Waals surface area contributed by atoms with Crippen molar-refractivity contribution in [3.8, 4) is 0 Å². The molecule has 29 heavy (non-hydrogen) atoms. The Kier molecular flexibility index (Phi) is 8.61. The molecule has 1 rings (SSSR count). The number of esters is 2. The molecule has 0 spiro atoms. The molecule has 1 aromatic carbocycles. The van der Waals surface area contributed by atoms with Gasteiger partial charge in [0.05, 0.1) is 36.7 Å². The van der Waals surface area contributed by atoms with Gasteiger partial charge in [-0.3, -0.25) is 14.4 Å². The summed E-state index contributed by atoms with van der Waals surface area (Å²) in [6.07, 6.45) is -5.61. The summed E-state index contributed by atoms with van der Waals surface area (Å²) in [6, 6.07) is 1.73. The number of hydrogen-bond acceptors (Lipinski definition) is 6. The molecule has 0 aliphatic rings. The summed E-state index contributed by atoms with van der Waals surface area (Å²) in [5.74, 6) is -6.85. The second kappa shape index (κ2) is 10.4. The van der Waals surface area contributed by atoms with Crippen LogP contribution in [-0.2, 0) is 30.0 Å². The standard InChI is InChI=1S/C18H20F3NO7/c1-3-28-13(23)9-11(17(27)29-4-2)14(16(25)26)22-15(24)10-7-5-6-8-12(10)18(19,20)21/h5-8,11,14H,3-4,9H2,1-2H3,(H,22,24)(H,25,26)/t11-,14+/m1/s1. The SMILES string of the molecule is CCOC(=O)C[C@@H](C(=O)OCC)[C@H](NC(=O)c1ccccc1C(F)(F)F)C(=O)O. The van der Waals surface area contributed by atoms with Crippen LogP contribution in [0.25, 0.3) is 0 Å². The van der Waals surface area contributed by atoms with Crippen LogP contribution < -0.4 is 5.32 Å². The van der Waals surface area contributed by atoms with Gasteiger partial charge in [-0.25, -0.2) is 4.79 Å². The third-order valence-electron chi connectivity index (χ3n) is 3.71. The molecule has 0 unspecified atom stereocenters. The van der Waals surface area contributed by atoms with Gasteiger partial charge in [0.1, 0.15) is 6.04 Å². The molecule has 2 N–H and O–H groups in total. The number of rotatable bonds is 9. The first-order valence-corrected chi connectivity index (χ1v) is 8.55. The topological polar surface area (TPSA) is 119 Å². The van der Waals surface area contributed by atoms with Crippen LogP contribution in [0.5, 0.6) is 0 Å². The molecule has 0 aliphatic carbocycles. The van der Waals surface area contributed by atoms with E-state index in [4.69, 9.17) is 4.74 Å². The van der Waals surface area contributed by atoms with Crippen LogP contribution in [0.3, 0.4) is 0 Å². The van der Waals surface area contributed by atoms with Crippen LogP contribution in [0.4, 0.5) is 13.2 Å². The highest BCUT2D eigenvalue weighted by Gasteiger charge is 2.40. The minimum Gasteiger partial charge on any atom is -0.480 e. The summed E-state index contributed by atoms with van der Waals surface area (Å²) in [5.41, 5.74) is -2.11. The van der Waals surface area contributed by atoms with E-state index in [-0.39, 0.29) is 13.2 Å². The van der Waals surface area contributed by atoms with Crippen molar-refractivity contribution in [2.24, 2.45) is 5.92 Å². The molecule has 11 heteroatoms. The van der Waals surface area contributed by atoms with Crippen molar-refractivity contribution < 1.29 is 46.9 Å². The molecule has 0 heterocycles. The van der Waals surface area contributed by atoms with E-state index in [1.165, 1.54) is 19.9 Å². The van der Waals surface area contributed by atoms with E-state index in [0.29, 0.717) is 6.07 Å². The normalized spacial score (nSPS) is 13.1. The fourth-order valence-corrected chi connectivity index (χ4v) is 2.47. The van der Waals surface area contributed by atoms with E-state index in [9.17, 15) is 37.5 Å². The average Bonchev–Trinajstić information content (AvgIpc) is 2.63. The number of carbonyl (C=O) groups excluding carboxylic acids is 3. The summed E-state index contributed by atoms with van der Waals surface area (Å²) in [6.45, 7) is 2.74. The van der Waals surface area contributed by atoms with Crippen molar-refractivity contribution in [1.82, 2.24) is 5.32 Å². The quantitative estimate of drug-likeness (QED) is 0.588. The van der Waals surface area contributed by atoms with Gasteiger partial charge < -0.3 is 19.9 Å². The molecule has 0 radical (unpaired) electrons. The number of alkyl halides is 3. The fourth-order valence-electron chi connectivity index (χ4n) is 2.47. The smallest absolute Gasteiger partial charge is 0.417 e. The molecule has 0 bridgehead atoms. The lowest BCUT2D eigenvalue weighted by atomic mass is 9.95. The third-order valence-corrected chi connectivity index (χ3v) is 3.71. The molecular formula is C18H20F3NO7. The maximum atomic E-state index is 13.1. The molecule has 0 saturated carbocycles. The molecule has 160 valence electrons. The number of aliphatic carboxylic acids is 1. The zero-order valence-corrected chi connectivity index (χ0v) is 15.6. The molecule has 2 atom stereocenters. The third kappa shape index (κ3) is 6.77. The van der Waals surface area contributed by atoms with E-state index in [2.05, 4.69) is 4.74 Å². The average molecular weight is 419 g/mol. The number of hydrogen-bond donors (Lipinski definition) is 2. The van der Waals surface area contributed by atoms with Crippen molar-refractivity contribution in [3.05, 3.63) is 35.4 Å². The number of nitrogens with one attached hydrogen (secondary N) is 1. The van der Waals surface area contributed by atoms with Gasteiger partial charge in [-0.1, -0.05) is 12.1 Å². The van der Waals surface area contributed by atoms with Gasteiger partial charge in [0, 0.05) is 0 Å². The Morgan fingerprint density at radius 1 is 1.07 bits per heavy atom. The van der Waals surface area contributed by atoms with Crippen LogP contribution in [0.1, 0.15) is 36.2 Å². The molecule has 1 aromatic rings.